The number of hydrogen-bond donors (Lipinski definition) is 2. The molecular weight excluding hydrogens is 221 g/mol. The second-order valence-electron chi connectivity index (χ2n) is 2.89. The topological polar surface area (TPSA) is 41.5 Å². The molecule has 1 rings (SSSR count). The van der Waals surface area contributed by atoms with Gasteiger partial charge in [-0.1, -0.05) is 11.6 Å². The Labute approximate surface area is 92.8 Å². The van der Waals surface area contributed by atoms with E-state index in [-0.39, 0.29) is 11.6 Å². The van der Waals surface area contributed by atoms with Gasteiger partial charge >= 0.3 is 0 Å². The molecule has 1 aromatic carbocycles. The minimum atomic E-state index is -0.432. The number of rotatable bonds is 6. The predicted molar refractivity (Wildman–Crippen MR) is 57.8 cm³/mol. The third-order valence-electron chi connectivity index (χ3n) is 1.73. The first kappa shape index (κ1) is 12.2. The number of benzene rings is 1. The van der Waals surface area contributed by atoms with Crippen LogP contribution in [0.1, 0.15) is 0 Å². The lowest BCUT2D eigenvalue weighted by atomic mass is 10.3. The van der Waals surface area contributed by atoms with Gasteiger partial charge in [0.25, 0.3) is 0 Å². The van der Waals surface area contributed by atoms with E-state index in [9.17, 15) is 4.39 Å². The molecule has 0 saturated carbocycles. The number of halogens is 2. The fraction of sp³-hybridized carbons (Fsp3) is 0.400. The molecule has 1 aromatic rings. The van der Waals surface area contributed by atoms with E-state index < -0.39 is 5.82 Å². The van der Waals surface area contributed by atoms with Gasteiger partial charge in [-0.15, -0.1) is 0 Å². The zero-order chi connectivity index (χ0) is 11.1. The zero-order valence-corrected chi connectivity index (χ0v) is 8.93. The molecule has 0 spiro atoms. The highest BCUT2D eigenvalue weighted by Gasteiger charge is 1.99. The first-order valence-corrected chi connectivity index (χ1v) is 4.99. The van der Waals surface area contributed by atoms with Crippen LogP contribution in [0.25, 0.3) is 0 Å². The van der Waals surface area contributed by atoms with Crippen LogP contribution < -0.4 is 5.32 Å². The maximum Gasteiger partial charge on any atom is 0.141 e. The minimum Gasteiger partial charge on any atom is -0.394 e. The summed E-state index contributed by atoms with van der Waals surface area (Å²) in [5.41, 5.74) is 0.744. The molecule has 2 N–H and O–H groups in total. The van der Waals surface area contributed by atoms with Crippen molar-refractivity contribution in [2.24, 2.45) is 0 Å². The molecule has 0 amide bonds. The summed E-state index contributed by atoms with van der Waals surface area (Å²) in [7, 11) is 0. The molecule has 0 radical (unpaired) electrons. The summed E-state index contributed by atoms with van der Waals surface area (Å²) in [5.74, 6) is -0.432. The third kappa shape index (κ3) is 4.46. The number of aliphatic hydroxyl groups is 1. The summed E-state index contributed by atoms with van der Waals surface area (Å²) in [4.78, 5) is 0. The lowest BCUT2D eigenvalue weighted by Crippen LogP contribution is -2.11. The van der Waals surface area contributed by atoms with Crippen molar-refractivity contribution in [1.29, 1.82) is 0 Å². The van der Waals surface area contributed by atoms with Gasteiger partial charge in [-0.2, -0.15) is 0 Å². The summed E-state index contributed by atoms with van der Waals surface area (Å²) in [6.45, 7) is 1.41. The minimum absolute atomic E-state index is 0.0162. The lowest BCUT2D eigenvalue weighted by molar-refractivity contribution is 0.0992. The molecule has 5 heteroatoms. The lowest BCUT2D eigenvalue weighted by Gasteiger charge is -2.07. The van der Waals surface area contributed by atoms with Crippen LogP contribution >= 0.6 is 11.6 Å². The average Bonchev–Trinajstić information content (AvgIpc) is 2.23. The van der Waals surface area contributed by atoms with Crippen molar-refractivity contribution in [3.63, 3.8) is 0 Å². The van der Waals surface area contributed by atoms with Crippen molar-refractivity contribution >= 4 is 17.3 Å². The highest BCUT2D eigenvalue weighted by Crippen LogP contribution is 2.18. The fourth-order valence-corrected chi connectivity index (χ4v) is 1.22. The van der Waals surface area contributed by atoms with E-state index in [1.165, 1.54) is 12.1 Å². The summed E-state index contributed by atoms with van der Waals surface area (Å²) in [6, 6.07) is 4.43. The van der Waals surface area contributed by atoms with Crippen molar-refractivity contribution < 1.29 is 14.2 Å². The van der Waals surface area contributed by atoms with Crippen LogP contribution in [-0.4, -0.2) is 31.5 Å². The van der Waals surface area contributed by atoms with E-state index in [0.29, 0.717) is 19.8 Å². The van der Waals surface area contributed by atoms with E-state index in [1.54, 1.807) is 6.07 Å². The second kappa shape index (κ2) is 6.61. The highest BCUT2D eigenvalue weighted by atomic mass is 35.5. The predicted octanol–water partition coefficient (Wildman–Crippen LogP) is 1.90. The van der Waals surface area contributed by atoms with Gasteiger partial charge < -0.3 is 15.2 Å². The van der Waals surface area contributed by atoms with Gasteiger partial charge in [-0.3, -0.25) is 0 Å². The molecule has 0 aliphatic rings. The van der Waals surface area contributed by atoms with Crippen molar-refractivity contribution in [2.75, 3.05) is 31.7 Å². The SMILES string of the molecule is OCCOCCNc1ccc(F)c(Cl)c1. The molecular formula is C10H13ClFNO2. The van der Waals surface area contributed by atoms with Crippen LogP contribution in [0.3, 0.4) is 0 Å². The Morgan fingerprint density at radius 2 is 2.20 bits per heavy atom. The van der Waals surface area contributed by atoms with Gasteiger partial charge in [0.15, 0.2) is 0 Å². The Kier molecular flexibility index (Phi) is 5.39. The van der Waals surface area contributed by atoms with Gasteiger partial charge in [0.1, 0.15) is 5.82 Å². The molecule has 0 aliphatic carbocycles. The molecule has 0 fully saturated rings. The molecule has 0 aromatic heterocycles. The Hall–Kier alpha value is -0.840. The van der Waals surface area contributed by atoms with Crippen LogP contribution in [0, 0.1) is 5.82 Å². The quantitative estimate of drug-likeness (QED) is 0.738. The fourth-order valence-electron chi connectivity index (χ4n) is 1.04. The third-order valence-corrected chi connectivity index (χ3v) is 2.02. The molecule has 3 nitrogen and oxygen atoms in total. The molecule has 15 heavy (non-hydrogen) atoms. The van der Waals surface area contributed by atoms with Crippen molar-refractivity contribution in [3.05, 3.63) is 29.0 Å². The maximum absolute atomic E-state index is 12.8. The van der Waals surface area contributed by atoms with Crippen LogP contribution in [0.2, 0.25) is 5.02 Å². The van der Waals surface area contributed by atoms with Crippen molar-refractivity contribution in [1.82, 2.24) is 0 Å². The van der Waals surface area contributed by atoms with Gasteiger partial charge in [0.05, 0.1) is 24.8 Å². The molecule has 0 heterocycles. The van der Waals surface area contributed by atoms with E-state index in [1.807, 2.05) is 0 Å². The van der Waals surface area contributed by atoms with E-state index in [2.05, 4.69) is 5.32 Å². The molecule has 0 unspecified atom stereocenters. The summed E-state index contributed by atoms with van der Waals surface area (Å²) in [5, 5.41) is 11.6. The zero-order valence-electron chi connectivity index (χ0n) is 8.17. The maximum atomic E-state index is 12.8. The Balaban J connectivity index is 2.28. The van der Waals surface area contributed by atoms with Crippen LogP contribution in [0.15, 0.2) is 18.2 Å². The monoisotopic (exact) mass is 233 g/mol. The van der Waals surface area contributed by atoms with Gasteiger partial charge in [-0.05, 0) is 18.2 Å². The summed E-state index contributed by atoms with van der Waals surface area (Å²) in [6.07, 6.45) is 0. The largest absolute Gasteiger partial charge is 0.394 e. The smallest absolute Gasteiger partial charge is 0.141 e. The Morgan fingerprint density at radius 1 is 1.40 bits per heavy atom. The number of nitrogens with one attached hydrogen (secondary N) is 1. The van der Waals surface area contributed by atoms with Gasteiger partial charge in [-0.25, -0.2) is 4.39 Å². The highest BCUT2D eigenvalue weighted by molar-refractivity contribution is 6.31. The number of anilines is 1. The van der Waals surface area contributed by atoms with Gasteiger partial charge in [0.2, 0.25) is 0 Å². The Bertz CT molecular complexity index is 309. The normalized spacial score (nSPS) is 10.3. The molecule has 0 bridgehead atoms. The van der Waals surface area contributed by atoms with Crippen molar-refractivity contribution in [3.8, 4) is 0 Å². The molecule has 0 saturated heterocycles. The summed E-state index contributed by atoms with van der Waals surface area (Å²) < 4.78 is 17.8. The van der Waals surface area contributed by atoms with Crippen molar-refractivity contribution in [2.45, 2.75) is 0 Å². The first-order valence-electron chi connectivity index (χ1n) is 4.61. The molecule has 0 atom stereocenters. The molecule has 0 aliphatic heterocycles. The van der Waals surface area contributed by atoms with Crippen LogP contribution in [0.4, 0.5) is 10.1 Å². The van der Waals surface area contributed by atoms with Crippen LogP contribution in [-0.2, 0) is 4.74 Å². The number of ether oxygens (including phenoxy) is 1. The number of aliphatic hydroxyl groups excluding tert-OH is 1. The standard InChI is InChI=1S/C10H13ClFNO2/c11-9-7-8(1-2-10(9)12)13-3-5-15-6-4-14/h1-2,7,13-14H,3-6H2. The Morgan fingerprint density at radius 3 is 2.87 bits per heavy atom. The second-order valence-corrected chi connectivity index (χ2v) is 3.30. The molecule has 84 valence electrons. The van der Waals surface area contributed by atoms with E-state index in [0.717, 1.165) is 5.69 Å². The van der Waals surface area contributed by atoms with E-state index >= 15 is 0 Å². The number of hydrogen-bond acceptors (Lipinski definition) is 3. The first-order chi connectivity index (χ1) is 7.24. The average molecular weight is 234 g/mol. The van der Waals surface area contributed by atoms with Crippen LogP contribution in [0.5, 0.6) is 0 Å². The van der Waals surface area contributed by atoms with Gasteiger partial charge in [0, 0.05) is 12.2 Å². The summed E-state index contributed by atoms with van der Waals surface area (Å²) >= 11 is 5.60. The van der Waals surface area contributed by atoms with E-state index in [4.69, 9.17) is 21.4 Å².